The molecule has 106 valence electrons. The Morgan fingerprint density at radius 1 is 0.952 bits per heavy atom. The van der Waals surface area contributed by atoms with E-state index in [1.807, 2.05) is 42.5 Å². The van der Waals surface area contributed by atoms with Crippen molar-refractivity contribution in [2.45, 2.75) is 13.1 Å². The first-order valence-corrected chi connectivity index (χ1v) is 7.52. The molecule has 5 heteroatoms. The average Bonchev–Trinajstić information content (AvgIpc) is 2.97. The third kappa shape index (κ3) is 3.56. The van der Waals surface area contributed by atoms with Gasteiger partial charge in [-0.05, 0) is 17.7 Å². The topological polar surface area (TPSA) is 53.6 Å². The molecule has 0 amide bonds. The number of hydrogen-bond donors (Lipinski definition) is 2. The van der Waals surface area contributed by atoms with Gasteiger partial charge in [-0.1, -0.05) is 58.4 Å². The lowest BCUT2D eigenvalue weighted by Crippen LogP contribution is -2.13. The summed E-state index contributed by atoms with van der Waals surface area (Å²) < 4.78 is 1.09. The zero-order valence-electron chi connectivity index (χ0n) is 11.4. The number of aromatic nitrogens is 3. The maximum atomic E-state index is 4.24. The van der Waals surface area contributed by atoms with E-state index < -0.39 is 0 Å². The predicted molar refractivity (Wildman–Crippen MR) is 86.5 cm³/mol. The van der Waals surface area contributed by atoms with E-state index in [0.717, 1.165) is 28.0 Å². The number of hydrogen-bond acceptors (Lipinski definition) is 3. The lowest BCUT2D eigenvalue weighted by Gasteiger charge is -2.05. The molecule has 3 aromatic rings. The van der Waals surface area contributed by atoms with E-state index in [4.69, 9.17) is 0 Å². The Morgan fingerprint density at radius 2 is 1.81 bits per heavy atom. The molecule has 1 aromatic heterocycles. The van der Waals surface area contributed by atoms with Gasteiger partial charge in [-0.3, -0.25) is 0 Å². The highest BCUT2D eigenvalue weighted by Crippen LogP contribution is 2.19. The lowest BCUT2D eigenvalue weighted by atomic mass is 10.1. The van der Waals surface area contributed by atoms with E-state index in [1.54, 1.807) is 0 Å². The molecule has 0 aliphatic rings. The van der Waals surface area contributed by atoms with E-state index in [0.29, 0.717) is 6.54 Å². The Kier molecular flexibility index (Phi) is 4.43. The van der Waals surface area contributed by atoms with Gasteiger partial charge in [0, 0.05) is 23.1 Å². The molecule has 0 saturated heterocycles. The van der Waals surface area contributed by atoms with E-state index in [2.05, 4.69) is 48.8 Å². The molecule has 0 saturated carbocycles. The minimum Gasteiger partial charge on any atom is -0.307 e. The standard InChI is InChI=1S/C16H15BrN4/c17-14-8-4-5-12(9-14)10-18-11-15-16(20-21-19-15)13-6-2-1-3-7-13/h1-9,18H,10-11H2,(H,19,20,21). The van der Waals surface area contributed by atoms with Crippen LogP contribution in [0.3, 0.4) is 0 Å². The largest absolute Gasteiger partial charge is 0.307 e. The number of rotatable bonds is 5. The van der Waals surface area contributed by atoms with Gasteiger partial charge in [-0.25, -0.2) is 0 Å². The Hall–Kier alpha value is -1.98. The molecule has 0 spiro atoms. The number of aromatic amines is 1. The number of nitrogens with zero attached hydrogens (tertiary/aromatic N) is 2. The molecular formula is C16H15BrN4. The van der Waals surface area contributed by atoms with Crippen LogP contribution >= 0.6 is 15.9 Å². The number of benzene rings is 2. The molecule has 2 aromatic carbocycles. The van der Waals surface area contributed by atoms with Gasteiger partial charge in [0.15, 0.2) is 0 Å². The van der Waals surface area contributed by atoms with Crippen molar-refractivity contribution in [3.05, 3.63) is 70.3 Å². The first-order valence-electron chi connectivity index (χ1n) is 6.73. The van der Waals surface area contributed by atoms with Gasteiger partial charge in [0.2, 0.25) is 0 Å². The van der Waals surface area contributed by atoms with Gasteiger partial charge in [0.1, 0.15) is 11.4 Å². The Bertz CT molecular complexity index is 709. The van der Waals surface area contributed by atoms with Crippen LogP contribution in [0.15, 0.2) is 59.1 Å². The van der Waals surface area contributed by atoms with Gasteiger partial charge in [0.05, 0.1) is 0 Å². The van der Waals surface area contributed by atoms with E-state index in [1.165, 1.54) is 5.56 Å². The highest BCUT2D eigenvalue weighted by Gasteiger charge is 2.09. The minimum atomic E-state index is 0.674. The fraction of sp³-hybridized carbons (Fsp3) is 0.125. The zero-order chi connectivity index (χ0) is 14.5. The van der Waals surface area contributed by atoms with Crippen molar-refractivity contribution in [3.8, 4) is 11.3 Å². The van der Waals surface area contributed by atoms with Crippen molar-refractivity contribution in [3.63, 3.8) is 0 Å². The molecule has 0 atom stereocenters. The third-order valence-electron chi connectivity index (χ3n) is 3.18. The van der Waals surface area contributed by atoms with Crippen molar-refractivity contribution in [1.82, 2.24) is 20.7 Å². The second kappa shape index (κ2) is 6.65. The second-order valence-electron chi connectivity index (χ2n) is 4.72. The van der Waals surface area contributed by atoms with Crippen molar-refractivity contribution in [1.29, 1.82) is 0 Å². The molecule has 21 heavy (non-hydrogen) atoms. The number of H-pyrrole nitrogens is 1. The molecule has 2 N–H and O–H groups in total. The monoisotopic (exact) mass is 342 g/mol. The van der Waals surface area contributed by atoms with Crippen LogP contribution in [0.4, 0.5) is 0 Å². The molecule has 4 nitrogen and oxygen atoms in total. The Balaban J connectivity index is 1.66. The molecule has 0 unspecified atom stereocenters. The van der Waals surface area contributed by atoms with Gasteiger partial charge in [-0.2, -0.15) is 15.4 Å². The van der Waals surface area contributed by atoms with Gasteiger partial charge >= 0.3 is 0 Å². The Morgan fingerprint density at radius 3 is 2.62 bits per heavy atom. The SMILES string of the molecule is Brc1cccc(CNCc2n[nH]nc2-c2ccccc2)c1. The van der Waals surface area contributed by atoms with Crippen LogP contribution in [-0.4, -0.2) is 15.4 Å². The van der Waals surface area contributed by atoms with Crippen LogP contribution in [0, 0.1) is 0 Å². The summed E-state index contributed by atoms with van der Waals surface area (Å²) in [5, 5.41) is 14.6. The van der Waals surface area contributed by atoms with E-state index in [-0.39, 0.29) is 0 Å². The first-order chi connectivity index (χ1) is 10.3. The summed E-state index contributed by atoms with van der Waals surface area (Å²) in [6, 6.07) is 18.3. The summed E-state index contributed by atoms with van der Waals surface area (Å²) in [4.78, 5) is 0. The van der Waals surface area contributed by atoms with Crippen molar-refractivity contribution in [2.24, 2.45) is 0 Å². The van der Waals surface area contributed by atoms with Crippen LogP contribution in [0.2, 0.25) is 0 Å². The highest BCUT2D eigenvalue weighted by atomic mass is 79.9. The predicted octanol–water partition coefficient (Wildman–Crippen LogP) is 3.52. The van der Waals surface area contributed by atoms with Gasteiger partial charge in [-0.15, -0.1) is 0 Å². The van der Waals surface area contributed by atoms with Crippen LogP contribution in [0.5, 0.6) is 0 Å². The molecule has 0 aliphatic heterocycles. The summed E-state index contributed by atoms with van der Waals surface area (Å²) >= 11 is 3.48. The zero-order valence-corrected chi connectivity index (χ0v) is 13.0. The molecule has 0 radical (unpaired) electrons. The smallest absolute Gasteiger partial charge is 0.117 e. The van der Waals surface area contributed by atoms with Gasteiger partial charge in [0.25, 0.3) is 0 Å². The highest BCUT2D eigenvalue weighted by molar-refractivity contribution is 9.10. The lowest BCUT2D eigenvalue weighted by molar-refractivity contribution is 0.677. The maximum Gasteiger partial charge on any atom is 0.117 e. The summed E-state index contributed by atoms with van der Waals surface area (Å²) in [6.07, 6.45) is 0. The van der Waals surface area contributed by atoms with Crippen LogP contribution in [0.1, 0.15) is 11.3 Å². The number of nitrogens with one attached hydrogen (secondary N) is 2. The minimum absolute atomic E-state index is 0.674. The maximum absolute atomic E-state index is 4.24. The van der Waals surface area contributed by atoms with E-state index >= 15 is 0 Å². The molecule has 3 rings (SSSR count). The van der Waals surface area contributed by atoms with Crippen molar-refractivity contribution < 1.29 is 0 Å². The fourth-order valence-electron chi connectivity index (χ4n) is 2.18. The second-order valence-corrected chi connectivity index (χ2v) is 5.63. The summed E-state index contributed by atoms with van der Waals surface area (Å²) in [7, 11) is 0. The van der Waals surface area contributed by atoms with E-state index in [9.17, 15) is 0 Å². The normalized spacial score (nSPS) is 10.7. The number of halogens is 1. The average molecular weight is 343 g/mol. The molecule has 0 fully saturated rings. The first kappa shape index (κ1) is 14.0. The van der Waals surface area contributed by atoms with Crippen LogP contribution < -0.4 is 5.32 Å². The molecular weight excluding hydrogens is 328 g/mol. The summed E-state index contributed by atoms with van der Waals surface area (Å²) in [5.74, 6) is 0. The fourth-order valence-corrected chi connectivity index (χ4v) is 2.62. The summed E-state index contributed by atoms with van der Waals surface area (Å²) in [6.45, 7) is 1.47. The molecule has 0 aliphatic carbocycles. The van der Waals surface area contributed by atoms with Crippen molar-refractivity contribution >= 4 is 15.9 Å². The Labute approximate surface area is 131 Å². The molecule has 1 heterocycles. The van der Waals surface area contributed by atoms with Crippen LogP contribution in [-0.2, 0) is 13.1 Å². The van der Waals surface area contributed by atoms with Crippen LogP contribution in [0.25, 0.3) is 11.3 Å². The van der Waals surface area contributed by atoms with Gasteiger partial charge < -0.3 is 5.32 Å². The molecule has 0 bridgehead atoms. The van der Waals surface area contributed by atoms with Crippen molar-refractivity contribution in [2.75, 3.05) is 0 Å². The third-order valence-corrected chi connectivity index (χ3v) is 3.67. The summed E-state index contributed by atoms with van der Waals surface area (Å²) in [5.41, 5.74) is 4.13. The quantitative estimate of drug-likeness (QED) is 0.745.